The van der Waals surface area contributed by atoms with E-state index < -0.39 is 0 Å². The van der Waals surface area contributed by atoms with Crippen molar-refractivity contribution < 1.29 is 0 Å². The van der Waals surface area contributed by atoms with Gasteiger partial charge in [0, 0.05) is 38.3 Å². The SMILES string of the molecule is CCNC(CN1CCN2CCCCC2C1)c1ccccc1. The van der Waals surface area contributed by atoms with E-state index in [1.54, 1.807) is 0 Å². The first-order valence-electron chi connectivity index (χ1n) is 8.61. The lowest BCUT2D eigenvalue weighted by molar-refractivity contribution is 0.0448. The molecule has 0 aliphatic carbocycles. The fourth-order valence-corrected chi connectivity index (χ4v) is 3.86. The Balaban J connectivity index is 1.61. The lowest BCUT2D eigenvalue weighted by atomic mass is 9.98. The first-order valence-corrected chi connectivity index (χ1v) is 8.61. The molecule has 0 bridgehead atoms. The van der Waals surface area contributed by atoms with E-state index in [9.17, 15) is 0 Å². The fraction of sp³-hybridized carbons (Fsp3) is 0.667. The van der Waals surface area contributed by atoms with Crippen molar-refractivity contribution in [2.75, 3.05) is 39.3 Å². The van der Waals surface area contributed by atoms with Crippen LogP contribution in [0.3, 0.4) is 0 Å². The minimum absolute atomic E-state index is 0.464. The van der Waals surface area contributed by atoms with Crippen molar-refractivity contribution in [1.82, 2.24) is 15.1 Å². The van der Waals surface area contributed by atoms with Gasteiger partial charge in [-0.3, -0.25) is 9.80 Å². The van der Waals surface area contributed by atoms with Gasteiger partial charge in [-0.25, -0.2) is 0 Å². The lowest BCUT2D eigenvalue weighted by Crippen LogP contribution is -2.55. The van der Waals surface area contributed by atoms with E-state index in [0.29, 0.717) is 6.04 Å². The summed E-state index contributed by atoms with van der Waals surface area (Å²) < 4.78 is 0. The van der Waals surface area contributed by atoms with Gasteiger partial charge in [-0.05, 0) is 31.5 Å². The van der Waals surface area contributed by atoms with Crippen molar-refractivity contribution >= 4 is 0 Å². The Morgan fingerprint density at radius 2 is 2.00 bits per heavy atom. The molecule has 0 radical (unpaired) electrons. The molecule has 2 aliphatic heterocycles. The minimum atomic E-state index is 0.464. The van der Waals surface area contributed by atoms with Crippen LogP contribution in [0.1, 0.15) is 37.8 Å². The first-order chi connectivity index (χ1) is 10.4. The Morgan fingerprint density at radius 3 is 2.81 bits per heavy atom. The van der Waals surface area contributed by atoms with Gasteiger partial charge in [-0.1, -0.05) is 43.7 Å². The zero-order chi connectivity index (χ0) is 14.5. The number of nitrogens with one attached hydrogen (secondary N) is 1. The molecule has 0 aromatic heterocycles. The summed E-state index contributed by atoms with van der Waals surface area (Å²) >= 11 is 0. The highest BCUT2D eigenvalue weighted by Crippen LogP contribution is 2.23. The van der Waals surface area contributed by atoms with Gasteiger partial charge in [0.05, 0.1) is 0 Å². The van der Waals surface area contributed by atoms with E-state index in [0.717, 1.165) is 19.1 Å². The lowest BCUT2D eigenvalue weighted by Gasteiger charge is -2.45. The molecule has 3 heteroatoms. The molecule has 3 rings (SSSR count). The van der Waals surface area contributed by atoms with Crippen molar-refractivity contribution in [2.45, 2.75) is 38.3 Å². The maximum absolute atomic E-state index is 3.66. The van der Waals surface area contributed by atoms with Crippen LogP contribution < -0.4 is 5.32 Å². The smallest absolute Gasteiger partial charge is 0.0449 e. The van der Waals surface area contributed by atoms with Crippen LogP contribution in [0.15, 0.2) is 30.3 Å². The molecule has 2 heterocycles. The summed E-state index contributed by atoms with van der Waals surface area (Å²) in [5.41, 5.74) is 1.42. The molecule has 1 aromatic rings. The summed E-state index contributed by atoms with van der Waals surface area (Å²) in [5, 5.41) is 3.66. The van der Waals surface area contributed by atoms with Crippen LogP contribution >= 0.6 is 0 Å². The van der Waals surface area contributed by atoms with E-state index in [1.165, 1.54) is 51.0 Å². The van der Waals surface area contributed by atoms with Gasteiger partial charge >= 0.3 is 0 Å². The standard InChI is InChI=1S/C18H29N3/c1-2-19-18(16-8-4-3-5-9-16)15-20-12-13-21-11-7-6-10-17(21)14-20/h3-5,8-9,17-19H,2,6-7,10-15H2,1H3. The van der Waals surface area contributed by atoms with Gasteiger partial charge in [-0.15, -0.1) is 0 Å². The van der Waals surface area contributed by atoms with Gasteiger partial charge in [0.25, 0.3) is 0 Å². The second-order valence-electron chi connectivity index (χ2n) is 6.47. The topological polar surface area (TPSA) is 18.5 Å². The Kier molecular flexibility index (Phi) is 5.28. The van der Waals surface area contributed by atoms with Gasteiger partial charge < -0.3 is 5.32 Å². The number of likely N-dealkylation sites (N-methyl/N-ethyl adjacent to an activating group) is 1. The Hall–Kier alpha value is -0.900. The number of hydrogen-bond donors (Lipinski definition) is 1. The number of fused-ring (bicyclic) bond motifs is 1. The van der Waals surface area contributed by atoms with Gasteiger partial charge in [0.1, 0.15) is 0 Å². The second-order valence-corrected chi connectivity index (χ2v) is 6.47. The van der Waals surface area contributed by atoms with Crippen molar-refractivity contribution in [1.29, 1.82) is 0 Å². The molecular weight excluding hydrogens is 258 g/mol. The average molecular weight is 287 g/mol. The van der Waals surface area contributed by atoms with Crippen molar-refractivity contribution in [3.05, 3.63) is 35.9 Å². The fourth-order valence-electron chi connectivity index (χ4n) is 3.86. The number of piperidine rings is 1. The van der Waals surface area contributed by atoms with Crippen LogP contribution in [-0.4, -0.2) is 55.1 Å². The van der Waals surface area contributed by atoms with Crippen molar-refractivity contribution in [3.8, 4) is 0 Å². The number of nitrogens with zero attached hydrogens (tertiary/aromatic N) is 2. The van der Waals surface area contributed by atoms with Gasteiger partial charge in [0.15, 0.2) is 0 Å². The maximum Gasteiger partial charge on any atom is 0.0449 e. The minimum Gasteiger partial charge on any atom is -0.309 e. The number of rotatable bonds is 5. The first kappa shape index (κ1) is 15.0. The normalized spacial score (nSPS) is 25.5. The third-order valence-electron chi connectivity index (χ3n) is 5.01. The Bertz CT molecular complexity index is 420. The van der Waals surface area contributed by atoms with E-state index in [4.69, 9.17) is 0 Å². The van der Waals surface area contributed by atoms with E-state index in [-0.39, 0.29) is 0 Å². The second kappa shape index (κ2) is 7.39. The predicted octanol–water partition coefficient (Wildman–Crippen LogP) is 2.51. The number of benzene rings is 1. The number of piperazine rings is 1. The summed E-state index contributed by atoms with van der Waals surface area (Å²) in [6, 6.07) is 12.2. The predicted molar refractivity (Wildman–Crippen MR) is 88.5 cm³/mol. The number of hydrogen-bond acceptors (Lipinski definition) is 3. The molecule has 2 atom stereocenters. The molecule has 0 amide bonds. The van der Waals surface area contributed by atoms with Crippen LogP contribution in [0.4, 0.5) is 0 Å². The van der Waals surface area contributed by atoms with Gasteiger partial charge in [0.2, 0.25) is 0 Å². The third-order valence-corrected chi connectivity index (χ3v) is 5.01. The molecule has 116 valence electrons. The Morgan fingerprint density at radius 1 is 1.14 bits per heavy atom. The molecule has 0 saturated carbocycles. The van der Waals surface area contributed by atoms with E-state index in [1.807, 2.05) is 0 Å². The summed E-state index contributed by atoms with van der Waals surface area (Å²) in [5.74, 6) is 0. The van der Waals surface area contributed by atoms with Crippen molar-refractivity contribution in [3.63, 3.8) is 0 Å². The summed E-state index contributed by atoms with van der Waals surface area (Å²) in [7, 11) is 0. The summed E-state index contributed by atoms with van der Waals surface area (Å²) in [6.07, 6.45) is 4.22. The van der Waals surface area contributed by atoms with Crippen LogP contribution in [0, 0.1) is 0 Å². The van der Waals surface area contributed by atoms with E-state index in [2.05, 4.69) is 52.4 Å². The van der Waals surface area contributed by atoms with Crippen LogP contribution in [0.25, 0.3) is 0 Å². The highest BCUT2D eigenvalue weighted by Gasteiger charge is 2.29. The molecule has 3 nitrogen and oxygen atoms in total. The van der Waals surface area contributed by atoms with E-state index >= 15 is 0 Å². The molecule has 1 aromatic carbocycles. The van der Waals surface area contributed by atoms with Gasteiger partial charge in [-0.2, -0.15) is 0 Å². The zero-order valence-corrected chi connectivity index (χ0v) is 13.3. The van der Waals surface area contributed by atoms with Crippen LogP contribution in [0.2, 0.25) is 0 Å². The molecule has 2 fully saturated rings. The summed E-state index contributed by atoms with van der Waals surface area (Å²) in [6.45, 7) is 9.45. The molecule has 1 N–H and O–H groups in total. The highest BCUT2D eigenvalue weighted by atomic mass is 15.3. The Labute approximate surface area is 129 Å². The molecular formula is C18H29N3. The monoisotopic (exact) mass is 287 g/mol. The zero-order valence-electron chi connectivity index (χ0n) is 13.3. The molecule has 0 spiro atoms. The molecule has 21 heavy (non-hydrogen) atoms. The van der Waals surface area contributed by atoms with Crippen LogP contribution in [-0.2, 0) is 0 Å². The van der Waals surface area contributed by atoms with Crippen LogP contribution in [0.5, 0.6) is 0 Å². The third kappa shape index (κ3) is 3.85. The molecule has 2 aliphatic rings. The highest BCUT2D eigenvalue weighted by molar-refractivity contribution is 5.19. The molecule has 2 saturated heterocycles. The quantitative estimate of drug-likeness (QED) is 0.898. The van der Waals surface area contributed by atoms with Crippen molar-refractivity contribution in [2.24, 2.45) is 0 Å². The largest absolute Gasteiger partial charge is 0.309 e. The average Bonchev–Trinajstić information content (AvgIpc) is 2.55. The maximum atomic E-state index is 3.66. The summed E-state index contributed by atoms with van der Waals surface area (Å²) in [4.78, 5) is 5.39. The molecule has 2 unspecified atom stereocenters.